The quantitative estimate of drug-likeness (QED) is 0.118. The summed E-state index contributed by atoms with van der Waals surface area (Å²) in [5, 5.41) is 0. The third kappa shape index (κ3) is 5.76. The normalized spacial score (nSPS) is 19.3. The second kappa shape index (κ2) is 16.4. The molecule has 4 aromatic heterocycles. The summed E-state index contributed by atoms with van der Waals surface area (Å²) in [6.07, 6.45) is 18.0. The number of benzene rings is 6. The number of nitrogens with zero attached hydrogens (tertiary/aromatic N) is 6. The molecule has 0 bridgehead atoms. The molecule has 342 valence electrons. The zero-order valence-electron chi connectivity index (χ0n) is 39.7. The topological polar surface area (TPSA) is 57.6 Å². The van der Waals surface area contributed by atoms with Crippen molar-refractivity contribution < 1.29 is 30.2 Å². The number of pyridine rings is 4. The number of hydrogen-bond donors (Lipinski definition) is 0. The van der Waals surface area contributed by atoms with Crippen LogP contribution in [-0.4, -0.2) is 42.1 Å². The molecule has 0 fully saturated rings. The molecule has 72 heavy (non-hydrogen) atoms. The van der Waals surface area contributed by atoms with Gasteiger partial charge in [0.15, 0.2) is 7.05 Å². The van der Waals surface area contributed by atoms with Gasteiger partial charge < -0.3 is 0 Å². The van der Waals surface area contributed by atoms with Crippen LogP contribution < -0.4 is 0 Å². The van der Waals surface area contributed by atoms with Crippen LogP contribution in [0, 0.1) is 26.0 Å². The maximum absolute atomic E-state index is 5.38. The van der Waals surface area contributed by atoms with Crippen molar-refractivity contribution >= 4 is 6.01 Å². The van der Waals surface area contributed by atoms with E-state index in [1.54, 1.807) is 0 Å². The fourth-order valence-electron chi connectivity index (χ4n) is 12.9. The molecule has 7 heteroatoms. The minimum absolute atomic E-state index is 0. The van der Waals surface area contributed by atoms with Gasteiger partial charge in [0.1, 0.15) is 0 Å². The Labute approximate surface area is 433 Å². The first-order valence-electron chi connectivity index (χ1n) is 24.1. The summed E-state index contributed by atoms with van der Waals surface area (Å²) in [7, 11) is 2.02. The van der Waals surface area contributed by atoms with E-state index in [2.05, 4.69) is 213 Å². The molecule has 0 amide bonds. The van der Waals surface area contributed by atoms with Crippen molar-refractivity contribution in [1.82, 2.24) is 19.9 Å². The Hall–Kier alpha value is -8.27. The average Bonchev–Trinajstić information content (AvgIpc) is 4.16. The average molecular weight is 1100 g/mol. The van der Waals surface area contributed by atoms with Gasteiger partial charge in [-0.15, -0.1) is 16.7 Å². The van der Waals surface area contributed by atoms with Crippen molar-refractivity contribution in [3.8, 4) is 44.5 Å². The van der Waals surface area contributed by atoms with Gasteiger partial charge in [-0.05, 0) is 122 Å². The van der Waals surface area contributed by atoms with E-state index in [9.17, 15) is 0 Å². The van der Waals surface area contributed by atoms with Gasteiger partial charge in [-0.1, -0.05) is 106 Å². The summed E-state index contributed by atoms with van der Waals surface area (Å²) >= 11 is 0. The molecule has 0 spiro atoms. The third-order valence-electron chi connectivity index (χ3n) is 15.7. The van der Waals surface area contributed by atoms with Gasteiger partial charge in [-0.25, -0.2) is 0 Å². The predicted molar refractivity (Wildman–Crippen MR) is 277 cm³/mol. The minimum atomic E-state index is -0.918. The number of aromatic nitrogens is 4. The molecule has 5 heterocycles. The first kappa shape index (κ1) is 43.7. The largest absolute Gasteiger partial charge is 2.00 e. The molecule has 6 nitrogen and oxygen atoms in total. The van der Waals surface area contributed by atoms with E-state index >= 15 is 0 Å². The number of fused-ring (bicyclic) bond motifs is 9. The summed E-state index contributed by atoms with van der Waals surface area (Å²) < 4.78 is 4.19. The van der Waals surface area contributed by atoms with E-state index in [1.807, 2.05) is 48.8 Å². The molecule has 0 saturated carbocycles. The van der Waals surface area contributed by atoms with Gasteiger partial charge in [-0.3, -0.25) is 19.9 Å². The Balaban J connectivity index is 0.00000504. The molecule has 3 unspecified atom stereocenters. The van der Waals surface area contributed by atoms with Crippen LogP contribution in [0.3, 0.4) is 0 Å². The Morgan fingerprint density at radius 1 is 0.444 bits per heavy atom. The van der Waals surface area contributed by atoms with Crippen LogP contribution in [-0.2, 0) is 37.4 Å². The van der Waals surface area contributed by atoms with Crippen molar-refractivity contribution in [1.29, 1.82) is 0 Å². The van der Waals surface area contributed by atoms with Crippen LogP contribution in [0.4, 0.5) is 0 Å². The van der Waals surface area contributed by atoms with Gasteiger partial charge in [0.25, 0.3) is 0 Å². The van der Waals surface area contributed by atoms with E-state index < -0.39 is 16.4 Å². The second-order valence-corrected chi connectivity index (χ2v) is 19.1. The van der Waals surface area contributed by atoms with E-state index in [4.69, 9.17) is 19.9 Å². The summed E-state index contributed by atoms with van der Waals surface area (Å²) in [4.78, 5) is 19.9. The third-order valence-corrected chi connectivity index (χ3v) is 15.7. The van der Waals surface area contributed by atoms with E-state index in [-0.39, 0.29) is 21.1 Å². The summed E-state index contributed by atoms with van der Waals surface area (Å²) in [5.41, 5.74) is 20.5. The first-order valence-corrected chi connectivity index (χ1v) is 24.1. The van der Waals surface area contributed by atoms with Gasteiger partial charge >= 0.3 is 27.1 Å². The van der Waals surface area contributed by atoms with Crippen molar-refractivity contribution in [3.63, 3.8) is 0 Å². The van der Waals surface area contributed by atoms with E-state index in [0.29, 0.717) is 0 Å². The van der Waals surface area contributed by atoms with Crippen molar-refractivity contribution in [2.24, 2.45) is 0 Å². The molecule has 4 aliphatic rings. The molecular weight excluding hydrogens is 1060 g/mol. The van der Waals surface area contributed by atoms with Crippen molar-refractivity contribution in [2.45, 2.75) is 30.2 Å². The van der Waals surface area contributed by atoms with Gasteiger partial charge in [0.05, 0.1) is 16.7 Å². The molecule has 0 saturated heterocycles. The molecule has 10 aromatic rings. The van der Waals surface area contributed by atoms with Gasteiger partial charge in [0, 0.05) is 54.4 Å². The first-order chi connectivity index (χ1) is 34.9. The molecule has 3 aliphatic carbocycles. The molecule has 3 atom stereocenters. The van der Waals surface area contributed by atoms with Crippen molar-refractivity contribution in [3.05, 3.63) is 298 Å². The fraction of sp³-hybridized carbons (Fsp3) is 0.0923. The van der Waals surface area contributed by atoms with E-state index in [0.717, 1.165) is 100 Å². The Morgan fingerprint density at radius 2 is 0.917 bits per heavy atom. The Kier molecular flexibility index (Phi) is 9.96. The number of hydrogen-bond acceptors (Lipinski definition) is 4. The number of rotatable bonds is 7. The Bertz CT molecular complexity index is 3850. The predicted octanol–water partition coefficient (Wildman–Crippen LogP) is 12.5. The van der Waals surface area contributed by atoms with Gasteiger partial charge in [0.2, 0.25) is 17.9 Å². The summed E-state index contributed by atoms with van der Waals surface area (Å²) in [5.74, 6) is 0. The molecule has 6 aromatic carbocycles. The SMILES string of the molecule is Cc1cccc(C)c1-c1ccnc(C2(c3[c-]c(C4(c5[c-]c(C6([N+]7=C=[N+](C)C=C7)c7ccccc7-c7ccncc76)ccc5)c5ccccc5-c5ccncc54)ccc3)c3ccccc3-c3ccncc32)c1.[Pt+2]. The summed E-state index contributed by atoms with van der Waals surface area (Å²) in [6, 6.07) is 69.3. The maximum Gasteiger partial charge on any atom is 2.00 e. The molecule has 14 rings (SSSR count). The fourth-order valence-corrected chi connectivity index (χ4v) is 12.9. The van der Waals surface area contributed by atoms with Gasteiger partial charge in [-0.2, -0.15) is 48.5 Å². The standard InChI is InChI=1S/C65H44N6.Pt/c1-42-13-10-14-43(2)62(42)44-25-32-69-61(35-44)64(56-23-8-5-20-50(56)53-27-30-67-39-59(53)64)47-17-11-15-45(36-47)63(55-22-7-4-19-49(55)52-26-29-66-38-58(52)63)46-16-12-18-48(37-46)65(71-34-33-70(3)41-71)57-24-9-6-21-51(57)54-28-31-68-40-60(54)65;/h4-35,38-40H,1-3H3;/q;+2. The molecular formula is C65H44N6Pt+2. The van der Waals surface area contributed by atoms with Crippen LogP contribution in [0.5, 0.6) is 0 Å². The zero-order valence-corrected chi connectivity index (χ0v) is 42.0. The maximum atomic E-state index is 5.38. The second-order valence-electron chi connectivity index (χ2n) is 19.1. The zero-order chi connectivity index (χ0) is 47.5. The minimum Gasteiger partial charge on any atom is -0.264 e. The molecule has 0 radical (unpaired) electrons. The number of aryl methyl sites for hydroxylation is 2. The van der Waals surface area contributed by atoms with Crippen LogP contribution in [0.15, 0.2) is 214 Å². The Morgan fingerprint density at radius 3 is 1.53 bits per heavy atom. The summed E-state index contributed by atoms with van der Waals surface area (Å²) in [6.45, 7) is 4.38. The smallest absolute Gasteiger partial charge is 0.264 e. The van der Waals surface area contributed by atoms with Crippen LogP contribution in [0.2, 0.25) is 0 Å². The molecule has 0 N–H and O–H groups in total. The monoisotopic (exact) mass is 1100 g/mol. The van der Waals surface area contributed by atoms with Crippen LogP contribution >= 0.6 is 0 Å². The van der Waals surface area contributed by atoms with Crippen LogP contribution in [0.25, 0.3) is 44.5 Å². The van der Waals surface area contributed by atoms with Crippen molar-refractivity contribution in [2.75, 3.05) is 7.05 Å². The van der Waals surface area contributed by atoms with Crippen LogP contribution in [0.1, 0.15) is 72.5 Å². The van der Waals surface area contributed by atoms with E-state index in [1.165, 1.54) is 16.7 Å². The molecule has 1 aliphatic heterocycles.